The van der Waals surface area contributed by atoms with Gasteiger partial charge in [0, 0.05) is 11.9 Å². The lowest BCUT2D eigenvalue weighted by Crippen LogP contribution is -2.23. The molecule has 0 radical (unpaired) electrons. The van der Waals surface area contributed by atoms with Crippen LogP contribution >= 0.6 is 11.3 Å². The van der Waals surface area contributed by atoms with Crippen LogP contribution in [0.25, 0.3) is 0 Å². The Balaban J connectivity index is 1.97. The average Bonchev–Trinajstić information content (AvgIpc) is 2.83. The van der Waals surface area contributed by atoms with Crippen molar-refractivity contribution in [3.8, 4) is 0 Å². The van der Waals surface area contributed by atoms with E-state index in [0.29, 0.717) is 12.2 Å². The largest absolute Gasteiger partial charge is 0.392 e. The van der Waals surface area contributed by atoms with E-state index in [-0.39, 0.29) is 12.5 Å². The number of carbonyl (C=O) groups is 1. The second kappa shape index (κ2) is 5.75. The molecular weight excluding hydrogens is 248 g/mol. The molecule has 2 N–H and O–H groups in total. The van der Waals surface area contributed by atoms with Crippen LogP contribution < -0.4 is 5.32 Å². The summed E-state index contributed by atoms with van der Waals surface area (Å²) in [4.78, 5) is 15.9. The van der Waals surface area contributed by atoms with Crippen molar-refractivity contribution in [2.24, 2.45) is 0 Å². The van der Waals surface area contributed by atoms with Crippen LogP contribution in [0.2, 0.25) is 0 Å². The number of aromatic nitrogens is 1. The standard InChI is InChI=1S/C13H14N2O2S/c1-9-15-12(8-18-9)13(17)14-6-10-3-2-4-11(5-10)7-16/h2-5,8,16H,6-7H2,1H3,(H,14,17). The lowest BCUT2D eigenvalue weighted by molar-refractivity contribution is 0.0946. The minimum atomic E-state index is -0.172. The number of aryl methyl sites for hydroxylation is 1. The molecule has 1 amide bonds. The molecule has 0 aliphatic carbocycles. The molecule has 1 aromatic carbocycles. The highest BCUT2D eigenvalue weighted by Gasteiger charge is 2.08. The van der Waals surface area contributed by atoms with Gasteiger partial charge in [0.15, 0.2) is 0 Å². The maximum absolute atomic E-state index is 11.8. The van der Waals surface area contributed by atoms with Crippen molar-refractivity contribution in [3.05, 3.63) is 51.5 Å². The molecule has 0 atom stereocenters. The van der Waals surface area contributed by atoms with E-state index in [9.17, 15) is 4.79 Å². The highest BCUT2D eigenvalue weighted by molar-refractivity contribution is 7.09. The minimum Gasteiger partial charge on any atom is -0.392 e. The summed E-state index contributed by atoms with van der Waals surface area (Å²) >= 11 is 1.46. The van der Waals surface area contributed by atoms with Gasteiger partial charge < -0.3 is 10.4 Å². The molecule has 18 heavy (non-hydrogen) atoms. The summed E-state index contributed by atoms with van der Waals surface area (Å²) in [5.74, 6) is -0.172. The summed E-state index contributed by atoms with van der Waals surface area (Å²) in [6.07, 6.45) is 0. The van der Waals surface area contributed by atoms with Gasteiger partial charge in [-0.25, -0.2) is 4.98 Å². The van der Waals surface area contributed by atoms with Crippen LogP contribution in [-0.2, 0) is 13.2 Å². The zero-order valence-corrected chi connectivity index (χ0v) is 10.8. The predicted molar refractivity (Wildman–Crippen MR) is 70.4 cm³/mol. The molecule has 0 fully saturated rings. The fourth-order valence-electron chi connectivity index (χ4n) is 1.58. The average molecular weight is 262 g/mol. The van der Waals surface area contributed by atoms with Crippen LogP contribution in [0.4, 0.5) is 0 Å². The molecule has 1 heterocycles. The molecule has 0 aliphatic heterocycles. The zero-order chi connectivity index (χ0) is 13.0. The van der Waals surface area contributed by atoms with Gasteiger partial charge in [0.2, 0.25) is 0 Å². The van der Waals surface area contributed by atoms with Crippen LogP contribution in [0, 0.1) is 6.92 Å². The van der Waals surface area contributed by atoms with E-state index in [1.807, 2.05) is 31.2 Å². The fraction of sp³-hybridized carbons (Fsp3) is 0.231. The number of benzene rings is 1. The summed E-state index contributed by atoms with van der Waals surface area (Å²) in [5, 5.41) is 14.4. The molecule has 0 bridgehead atoms. The first-order valence-electron chi connectivity index (χ1n) is 5.58. The number of aliphatic hydroxyl groups excluding tert-OH is 1. The molecule has 5 heteroatoms. The second-order valence-corrected chi connectivity index (χ2v) is 4.97. The predicted octanol–water partition coefficient (Wildman–Crippen LogP) is 1.87. The number of nitrogens with one attached hydrogen (secondary N) is 1. The number of nitrogens with zero attached hydrogens (tertiary/aromatic N) is 1. The van der Waals surface area contributed by atoms with Crippen molar-refractivity contribution < 1.29 is 9.90 Å². The van der Waals surface area contributed by atoms with Crippen molar-refractivity contribution in [1.29, 1.82) is 0 Å². The lowest BCUT2D eigenvalue weighted by atomic mass is 10.1. The quantitative estimate of drug-likeness (QED) is 0.884. The first kappa shape index (κ1) is 12.7. The van der Waals surface area contributed by atoms with Crippen molar-refractivity contribution in [3.63, 3.8) is 0 Å². The monoisotopic (exact) mass is 262 g/mol. The Bertz CT molecular complexity index is 551. The van der Waals surface area contributed by atoms with Crippen molar-refractivity contribution in [2.75, 3.05) is 0 Å². The molecule has 4 nitrogen and oxygen atoms in total. The highest BCUT2D eigenvalue weighted by Crippen LogP contribution is 2.09. The van der Waals surface area contributed by atoms with Crippen molar-refractivity contribution >= 4 is 17.2 Å². The SMILES string of the molecule is Cc1nc(C(=O)NCc2cccc(CO)c2)cs1. The van der Waals surface area contributed by atoms with E-state index in [4.69, 9.17) is 5.11 Å². The van der Waals surface area contributed by atoms with Crippen LogP contribution in [0.5, 0.6) is 0 Å². The Labute approximate surface area is 109 Å². The van der Waals surface area contributed by atoms with E-state index in [2.05, 4.69) is 10.3 Å². The zero-order valence-electron chi connectivity index (χ0n) is 10.0. The summed E-state index contributed by atoms with van der Waals surface area (Å²) in [6.45, 7) is 2.31. The van der Waals surface area contributed by atoms with Gasteiger partial charge >= 0.3 is 0 Å². The smallest absolute Gasteiger partial charge is 0.271 e. The number of thiazole rings is 1. The van der Waals surface area contributed by atoms with Gasteiger partial charge in [-0.2, -0.15) is 0 Å². The summed E-state index contributed by atoms with van der Waals surface area (Å²) in [7, 11) is 0. The molecule has 2 aromatic rings. The molecule has 1 aromatic heterocycles. The van der Waals surface area contributed by atoms with Crippen LogP contribution in [0.3, 0.4) is 0 Å². The normalized spacial score (nSPS) is 10.3. The van der Waals surface area contributed by atoms with Gasteiger partial charge in [-0.3, -0.25) is 4.79 Å². The van der Waals surface area contributed by atoms with E-state index < -0.39 is 0 Å². The number of hydrogen-bond donors (Lipinski definition) is 2. The molecule has 94 valence electrons. The Kier molecular flexibility index (Phi) is 4.07. The van der Waals surface area contributed by atoms with Crippen molar-refractivity contribution in [1.82, 2.24) is 10.3 Å². The molecule has 0 aliphatic rings. The van der Waals surface area contributed by atoms with Gasteiger partial charge in [-0.05, 0) is 18.1 Å². The van der Waals surface area contributed by atoms with Crippen molar-refractivity contribution in [2.45, 2.75) is 20.1 Å². The maximum atomic E-state index is 11.8. The Morgan fingerprint density at radius 1 is 1.44 bits per heavy atom. The molecule has 0 saturated heterocycles. The number of aliphatic hydroxyl groups is 1. The molecule has 0 unspecified atom stereocenters. The van der Waals surface area contributed by atoms with E-state index >= 15 is 0 Å². The Morgan fingerprint density at radius 3 is 2.89 bits per heavy atom. The van der Waals surface area contributed by atoms with E-state index in [1.54, 1.807) is 5.38 Å². The molecule has 0 saturated carbocycles. The summed E-state index contributed by atoms with van der Waals surface area (Å²) in [5.41, 5.74) is 2.25. The second-order valence-electron chi connectivity index (χ2n) is 3.91. The van der Waals surface area contributed by atoms with Crippen LogP contribution in [0.1, 0.15) is 26.6 Å². The maximum Gasteiger partial charge on any atom is 0.271 e. The van der Waals surface area contributed by atoms with E-state index in [1.165, 1.54) is 11.3 Å². The van der Waals surface area contributed by atoms with Gasteiger partial charge in [0.25, 0.3) is 5.91 Å². The van der Waals surface area contributed by atoms with Gasteiger partial charge in [-0.15, -0.1) is 11.3 Å². The Hall–Kier alpha value is -1.72. The summed E-state index contributed by atoms with van der Waals surface area (Å²) < 4.78 is 0. The first-order chi connectivity index (χ1) is 8.69. The lowest BCUT2D eigenvalue weighted by Gasteiger charge is -2.05. The number of hydrogen-bond acceptors (Lipinski definition) is 4. The third-order valence-electron chi connectivity index (χ3n) is 2.48. The number of amides is 1. The van der Waals surface area contributed by atoms with Gasteiger partial charge in [0.1, 0.15) is 5.69 Å². The fourth-order valence-corrected chi connectivity index (χ4v) is 2.17. The topological polar surface area (TPSA) is 62.2 Å². The number of carbonyl (C=O) groups excluding carboxylic acids is 1. The summed E-state index contributed by atoms with van der Waals surface area (Å²) in [6, 6.07) is 7.48. The Morgan fingerprint density at radius 2 is 2.22 bits per heavy atom. The first-order valence-corrected chi connectivity index (χ1v) is 6.46. The molecule has 0 spiro atoms. The number of rotatable bonds is 4. The van der Waals surface area contributed by atoms with Gasteiger partial charge in [0.05, 0.1) is 11.6 Å². The van der Waals surface area contributed by atoms with E-state index in [0.717, 1.165) is 16.1 Å². The molecular formula is C13H14N2O2S. The molecule has 2 rings (SSSR count). The highest BCUT2D eigenvalue weighted by atomic mass is 32.1. The minimum absolute atomic E-state index is 0.00701. The third-order valence-corrected chi connectivity index (χ3v) is 3.25. The van der Waals surface area contributed by atoms with Gasteiger partial charge in [-0.1, -0.05) is 24.3 Å². The van der Waals surface area contributed by atoms with Crippen LogP contribution in [0.15, 0.2) is 29.6 Å². The third kappa shape index (κ3) is 3.15. The van der Waals surface area contributed by atoms with Crippen LogP contribution in [-0.4, -0.2) is 16.0 Å².